The molecule has 0 aliphatic carbocycles. The third-order valence-electron chi connectivity index (χ3n) is 2.77. The molecule has 0 saturated heterocycles. The minimum Gasteiger partial charge on any atom is -0.337 e. The number of carbonyl (C=O) groups excluding carboxylic acids is 1. The summed E-state index contributed by atoms with van der Waals surface area (Å²) in [5, 5.41) is 5.50. The molecule has 4 nitrogen and oxygen atoms in total. The van der Waals surface area contributed by atoms with E-state index < -0.39 is 0 Å². The van der Waals surface area contributed by atoms with Gasteiger partial charge in [0.1, 0.15) is 5.82 Å². The van der Waals surface area contributed by atoms with Crippen LogP contribution in [0.25, 0.3) is 0 Å². The molecule has 5 heteroatoms. The average molecular weight is 334 g/mol. The van der Waals surface area contributed by atoms with Crippen LogP contribution in [0, 0.1) is 6.92 Å². The van der Waals surface area contributed by atoms with Crippen LogP contribution in [0.4, 0.5) is 10.6 Å². The largest absolute Gasteiger partial charge is 0.337 e. The molecule has 0 atom stereocenters. The number of carbonyl (C=O) groups is 1. The van der Waals surface area contributed by atoms with Gasteiger partial charge in [0.25, 0.3) is 0 Å². The van der Waals surface area contributed by atoms with Crippen molar-refractivity contribution in [1.29, 1.82) is 0 Å². The number of nitrogens with zero attached hydrogens (tertiary/aromatic N) is 1. The maximum Gasteiger partial charge on any atom is 0.320 e. The second-order valence-corrected chi connectivity index (χ2v) is 5.39. The summed E-state index contributed by atoms with van der Waals surface area (Å²) in [6.45, 7) is 2.54. The van der Waals surface area contributed by atoms with Crippen LogP contribution in [0.1, 0.15) is 11.1 Å². The lowest BCUT2D eigenvalue weighted by Crippen LogP contribution is -2.30. The number of aryl methyl sites for hydroxylation is 1. The van der Waals surface area contributed by atoms with Gasteiger partial charge < -0.3 is 5.32 Å². The summed E-state index contributed by atoms with van der Waals surface area (Å²) < 4.78 is 1.05. The van der Waals surface area contributed by atoms with Crippen LogP contribution >= 0.6 is 15.9 Å². The Morgan fingerprint density at radius 1 is 1.20 bits per heavy atom. The average Bonchev–Trinajstić information content (AvgIpc) is 2.44. The van der Waals surface area contributed by atoms with E-state index in [4.69, 9.17) is 0 Å². The molecule has 2 aromatic rings. The first-order valence-corrected chi connectivity index (χ1v) is 7.15. The molecule has 20 heavy (non-hydrogen) atoms. The number of anilines is 1. The highest BCUT2D eigenvalue weighted by Crippen LogP contribution is 2.10. The zero-order valence-electron chi connectivity index (χ0n) is 11.2. The Hall–Kier alpha value is -1.88. The first-order valence-electron chi connectivity index (χ1n) is 6.35. The fourth-order valence-electron chi connectivity index (χ4n) is 1.67. The smallest absolute Gasteiger partial charge is 0.320 e. The zero-order chi connectivity index (χ0) is 14.4. The topological polar surface area (TPSA) is 54.0 Å². The van der Waals surface area contributed by atoms with Crippen LogP contribution < -0.4 is 10.6 Å². The highest BCUT2D eigenvalue weighted by atomic mass is 79.9. The number of hydrogen-bond acceptors (Lipinski definition) is 2. The molecule has 0 spiro atoms. The Morgan fingerprint density at radius 2 is 1.95 bits per heavy atom. The predicted octanol–water partition coefficient (Wildman–Crippen LogP) is 3.52. The lowest BCUT2D eigenvalue weighted by molar-refractivity contribution is 0.252. The molecule has 1 aromatic carbocycles. The van der Waals surface area contributed by atoms with E-state index in [9.17, 15) is 4.79 Å². The first kappa shape index (κ1) is 14.5. The van der Waals surface area contributed by atoms with Crippen LogP contribution in [0.15, 0.2) is 47.1 Å². The molecule has 0 aliphatic rings. The summed E-state index contributed by atoms with van der Waals surface area (Å²) in [6, 6.07) is 11.5. The Labute approximate surface area is 126 Å². The Balaban J connectivity index is 1.75. The van der Waals surface area contributed by atoms with Gasteiger partial charge in [-0.25, -0.2) is 9.78 Å². The van der Waals surface area contributed by atoms with Crippen LogP contribution in [0.2, 0.25) is 0 Å². The number of hydrogen-bond donors (Lipinski definition) is 2. The molecule has 2 N–H and O–H groups in total. The molecule has 0 radical (unpaired) electrons. The van der Waals surface area contributed by atoms with E-state index in [0.29, 0.717) is 12.4 Å². The van der Waals surface area contributed by atoms with Crippen LogP contribution in [0.5, 0.6) is 0 Å². The second-order valence-electron chi connectivity index (χ2n) is 4.48. The van der Waals surface area contributed by atoms with E-state index in [1.54, 1.807) is 12.3 Å². The molecular weight excluding hydrogens is 318 g/mol. The normalized spacial score (nSPS) is 10.1. The molecular formula is C15H16BrN3O. The van der Waals surface area contributed by atoms with Gasteiger partial charge in [-0.1, -0.05) is 34.1 Å². The third kappa shape index (κ3) is 4.66. The van der Waals surface area contributed by atoms with Gasteiger partial charge in [-0.05, 0) is 42.7 Å². The number of halogens is 1. The SMILES string of the molecule is Cc1ccc(NC(=O)NCCc2ccc(Br)cc2)nc1. The monoisotopic (exact) mass is 333 g/mol. The number of amides is 2. The van der Waals surface area contributed by atoms with E-state index >= 15 is 0 Å². The number of nitrogens with one attached hydrogen (secondary N) is 2. The van der Waals surface area contributed by atoms with Gasteiger partial charge in [0.05, 0.1) is 0 Å². The maximum atomic E-state index is 11.7. The maximum absolute atomic E-state index is 11.7. The number of benzene rings is 1. The van der Waals surface area contributed by atoms with Gasteiger partial charge in [0, 0.05) is 17.2 Å². The molecule has 2 amide bonds. The third-order valence-corrected chi connectivity index (χ3v) is 3.29. The fraction of sp³-hybridized carbons (Fsp3) is 0.200. The van der Waals surface area contributed by atoms with Crippen molar-refractivity contribution in [3.05, 3.63) is 58.2 Å². The molecule has 104 valence electrons. The Morgan fingerprint density at radius 3 is 2.60 bits per heavy atom. The van der Waals surface area contributed by atoms with E-state index in [2.05, 4.69) is 31.5 Å². The fourth-order valence-corrected chi connectivity index (χ4v) is 1.94. The van der Waals surface area contributed by atoms with Crippen molar-refractivity contribution in [2.45, 2.75) is 13.3 Å². The summed E-state index contributed by atoms with van der Waals surface area (Å²) in [5.41, 5.74) is 2.24. The Kier molecular flexibility index (Phi) is 5.12. The summed E-state index contributed by atoms with van der Waals surface area (Å²) in [7, 11) is 0. The van der Waals surface area contributed by atoms with Crippen molar-refractivity contribution in [3.63, 3.8) is 0 Å². The van der Waals surface area contributed by atoms with Gasteiger partial charge >= 0.3 is 6.03 Å². The predicted molar refractivity (Wildman–Crippen MR) is 83.8 cm³/mol. The van der Waals surface area contributed by atoms with Crippen molar-refractivity contribution >= 4 is 27.8 Å². The van der Waals surface area contributed by atoms with Crippen molar-refractivity contribution in [2.75, 3.05) is 11.9 Å². The minimum atomic E-state index is -0.238. The Bertz CT molecular complexity index is 567. The van der Waals surface area contributed by atoms with Crippen molar-refractivity contribution in [2.24, 2.45) is 0 Å². The number of aromatic nitrogens is 1. The van der Waals surface area contributed by atoms with E-state index in [0.717, 1.165) is 16.5 Å². The van der Waals surface area contributed by atoms with Crippen molar-refractivity contribution in [1.82, 2.24) is 10.3 Å². The minimum absolute atomic E-state index is 0.238. The van der Waals surface area contributed by atoms with Gasteiger partial charge in [0.15, 0.2) is 0 Å². The van der Waals surface area contributed by atoms with Crippen molar-refractivity contribution < 1.29 is 4.79 Å². The summed E-state index contributed by atoms with van der Waals surface area (Å²) >= 11 is 3.39. The summed E-state index contributed by atoms with van der Waals surface area (Å²) in [6.07, 6.45) is 2.51. The highest BCUT2D eigenvalue weighted by molar-refractivity contribution is 9.10. The van der Waals surface area contributed by atoms with Crippen LogP contribution in [0.3, 0.4) is 0 Å². The molecule has 1 heterocycles. The molecule has 0 aliphatic heterocycles. The zero-order valence-corrected chi connectivity index (χ0v) is 12.8. The first-order chi connectivity index (χ1) is 9.63. The van der Waals surface area contributed by atoms with E-state index in [1.807, 2.05) is 37.3 Å². The number of urea groups is 1. The van der Waals surface area contributed by atoms with Gasteiger partial charge in [-0.3, -0.25) is 5.32 Å². The van der Waals surface area contributed by atoms with Crippen molar-refractivity contribution in [3.8, 4) is 0 Å². The van der Waals surface area contributed by atoms with Gasteiger partial charge in [0.2, 0.25) is 0 Å². The lowest BCUT2D eigenvalue weighted by Gasteiger charge is -2.07. The van der Waals surface area contributed by atoms with E-state index in [1.165, 1.54) is 5.56 Å². The molecule has 0 unspecified atom stereocenters. The number of pyridine rings is 1. The molecule has 1 aromatic heterocycles. The molecule has 0 saturated carbocycles. The van der Waals surface area contributed by atoms with Crippen LogP contribution in [-0.2, 0) is 6.42 Å². The van der Waals surface area contributed by atoms with Crippen LogP contribution in [-0.4, -0.2) is 17.6 Å². The highest BCUT2D eigenvalue weighted by Gasteiger charge is 2.02. The van der Waals surface area contributed by atoms with Gasteiger partial charge in [-0.15, -0.1) is 0 Å². The molecule has 2 rings (SSSR count). The summed E-state index contributed by atoms with van der Waals surface area (Å²) in [4.78, 5) is 15.8. The summed E-state index contributed by atoms with van der Waals surface area (Å²) in [5.74, 6) is 0.553. The number of rotatable bonds is 4. The molecule has 0 bridgehead atoms. The van der Waals surface area contributed by atoms with Gasteiger partial charge in [-0.2, -0.15) is 0 Å². The molecule has 0 fully saturated rings. The lowest BCUT2D eigenvalue weighted by atomic mass is 10.1. The standard InChI is InChI=1S/C15H16BrN3O/c1-11-2-7-14(18-10-11)19-15(20)17-9-8-12-3-5-13(16)6-4-12/h2-7,10H,8-9H2,1H3,(H2,17,18,19,20). The van der Waals surface area contributed by atoms with E-state index in [-0.39, 0.29) is 6.03 Å². The second kappa shape index (κ2) is 7.05. The quantitative estimate of drug-likeness (QED) is 0.899.